The SMILES string of the molecule is Cc1ccc(C(C)(C)C#N)c(C)c1C. The normalized spacial score (nSPS) is 11.1. The highest BCUT2D eigenvalue weighted by molar-refractivity contribution is 5.44. The van der Waals surface area contributed by atoms with E-state index in [-0.39, 0.29) is 5.41 Å². The van der Waals surface area contributed by atoms with Crippen LogP contribution >= 0.6 is 0 Å². The van der Waals surface area contributed by atoms with Crippen LogP contribution < -0.4 is 0 Å². The minimum atomic E-state index is -0.386. The third-order valence-electron chi connectivity index (χ3n) is 3.01. The van der Waals surface area contributed by atoms with Gasteiger partial charge in [-0.3, -0.25) is 0 Å². The molecule has 1 nitrogen and oxygen atoms in total. The van der Waals surface area contributed by atoms with Gasteiger partial charge in [-0.25, -0.2) is 0 Å². The summed E-state index contributed by atoms with van der Waals surface area (Å²) in [5, 5.41) is 9.08. The van der Waals surface area contributed by atoms with E-state index in [1.807, 2.05) is 13.8 Å². The molecule has 1 heteroatoms. The number of rotatable bonds is 1. The Morgan fingerprint density at radius 3 is 2.14 bits per heavy atom. The molecule has 0 saturated heterocycles. The van der Waals surface area contributed by atoms with E-state index in [0.29, 0.717) is 0 Å². The van der Waals surface area contributed by atoms with E-state index in [0.717, 1.165) is 5.56 Å². The maximum Gasteiger partial charge on any atom is 0.0768 e. The molecule has 0 aromatic heterocycles. The van der Waals surface area contributed by atoms with Crippen LogP contribution in [0.5, 0.6) is 0 Å². The molecule has 0 fully saturated rings. The van der Waals surface area contributed by atoms with Crippen molar-refractivity contribution in [3.63, 3.8) is 0 Å². The molecule has 0 spiro atoms. The molecular weight excluding hydrogens is 170 g/mol. The second kappa shape index (κ2) is 3.46. The molecule has 0 heterocycles. The van der Waals surface area contributed by atoms with E-state index < -0.39 is 0 Å². The fraction of sp³-hybridized carbons (Fsp3) is 0.462. The minimum Gasteiger partial charge on any atom is -0.197 e. The molecule has 1 aromatic rings. The van der Waals surface area contributed by atoms with Crippen LogP contribution in [0, 0.1) is 32.1 Å². The van der Waals surface area contributed by atoms with Crippen molar-refractivity contribution in [2.75, 3.05) is 0 Å². The Hall–Kier alpha value is -1.29. The van der Waals surface area contributed by atoms with Crippen LogP contribution in [-0.4, -0.2) is 0 Å². The first kappa shape index (κ1) is 10.8. The van der Waals surface area contributed by atoms with Crippen LogP contribution in [0.1, 0.15) is 36.1 Å². The van der Waals surface area contributed by atoms with Crippen molar-refractivity contribution in [2.45, 2.75) is 40.0 Å². The van der Waals surface area contributed by atoms with E-state index >= 15 is 0 Å². The van der Waals surface area contributed by atoms with Gasteiger partial charge in [0.2, 0.25) is 0 Å². The van der Waals surface area contributed by atoms with E-state index in [9.17, 15) is 0 Å². The van der Waals surface area contributed by atoms with Gasteiger partial charge >= 0.3 is 0 Å². The molecule has 0 radical (unpaired) electrons. The maximum absolute atomic E-state index is 9.08. The Morgan fingerprint density at radius 2 is 1.64 bits per heavy atom. The first-order valence-electron chi connectivity index (χ1n) is 4.88. The summed E-state index contributed by atoms with van der Waals surface area (Å²) in [6.45, 7) is 10.2. The van der Waals surface area contributed by atoms with E-state index in [1.165, 1.54) is 16.7 Å². The van der Waals surface area contributed by atoms with Crippen LogP contribution in [-0.2, 0) is 5.41 Å². The molecule has 1 aromatic carbocycles. The van der Waals surface area contributed by atoms with Crippen molar-refractivity contribution in [1.82, 2.24) is 0 Å². The smallest absolute Gasteiger partial charge is 0.0768 e. The molecule has 0 aliphatic carbocycles. The summed E-state index contributed by atoms with van der Waals surface area (Å²) < 4.78 is 0. The van der Waals surface area contributed by atoms with Gasteiger partial charge in [-0.2, -0.15) is 5.26 Å². The molecule has 1 rings (SSSR count). The average Bonchev–Trinajstić information content (AvgIpc) is 2.14. The molecule has 0 saturated carbocycles. The summed E-state index contributed by atoms with van der Waals surface area (Å²) in [7, 11) is 0. The minimum absolute atomic E-state index is 0.386. The fourth-order valence-corrected chi connectivity index (χ4v) is 1.69. The van der Waals surface area contributed by atoms with Crippen molar-refractivity contribution in [1.29, 1.82) is 5.26 Å². The second-order valence-electron chi connectivity index (χ2n) is 4.42. The summed E-state index contributed by atoms with van der Waals surface area (Å²) in [5.41, 5.74) is 4.59. The molecule has 74 valence electrons. The number of hydrogen-bond donors (Lipinski definition) is 0. The molecule has 0 N–H and O–H groups in total. The predicted octanol–water partition coefficient (Wildman–Crippen LogP) is 3.41. The molecular formula is C13H17N. The van der Waals surface area contributed by atoms with E-state index in [2.05, 4.69) is 39.0 Å². The summed E-state index contributed by atoms with van der Waals surface area (Å²) >= 11 is 0. The Kier molecular flexibility index (Phi) is 2.66. The number of hydrogen-bond acceptors (Lipinski definition) is 1. The molecule has 0 unspecified atom stereocenters. The largest absolute Gasteiger partial charge is 0.197 e. The van der Waals surface area contributed by atoms with Gasteiger partial charge in [0, 0.05) is 0 Å². The lowest BCUT2D eigenvalue weighted by atomic mass is 9.81. The highest BCUT2D eigenvalue weighted by atomic mass is 14.3. The summed E-state index contributed by atoms with van der Waals surface area (Å²) in [5.74, 6) is 0. The Labute approximate surface area is 86.4 Å². The molecule has 0 bridgehead atoms. The Morgan fingerprint density at radius 1 is 1.07 bits per heavy atom. The first-order chi connectivity index (χ1) is 6.40. The quantitative estimate of drug-likeness (QED) is 0.661. The number of nitriles is 1. The number of aryl methyl sites for hydroxylation is 1. The Balaban J connectivity index is 3.41. The Bertz CT molecular complexity index is 394. The van der Waals surface area contributed by atoms with Crippen LogP contribution in [0.25, 0.3) is 0 Å². The molecule has 0 amide bonds. The average molecular weight is 187 g/mol. The lowest BCUT2D eigenvalue weighted by molar-refractivity contribution is 0.679. The highest BCUT2D eigenvalue weighted by Crippen LogP contribution is 2.28. The van der Waals surface area contributed by atoms with Crippen LogP contribution in [0.15, 0.2) is 12.1 Å². The topological polar surface area (TPSA) is 23.8 Å². The van der Waals surface area contributed by atoms with Gasteiger partial charge in [0.15, 0.2) is 0 Å². The third kappa shape index (κ3) is 1.65. The molecule has 0 aliphatic heterocycles. The standard InChI is InChI=1S/C13H17N/c1-9-6-7-12(11(3)10(9)2)13(4,5)8-14/h6-7H,1-5H3. The fourth-order valence-electron chi connectivity index (χ4n) is 1.69. The van der Waals surface area contributed by atoms with Crippen molar-refractivity contribution in [2.24, 2.45) is 0 Å². The van der Waals surface area contributed by atoms with Gasteiger partial charge in [-0.1, -0.05) is 12.1 Å². The molecule has 0 aliphatic rings. The van der Waals surface area contributed by atoms with Crippen molar-refractivity contribution in [3.05, 3.63) is 34.4 Å². The van der Waals surface area contributed by atoms with E-state index in [4.69, 9.17) is 5.26 Å². The van der Waals surface area contributed by atoms with E-state index in [1.54, 1.807) is 0 Å². The van der Waals surface area contributed by atoms with Crippen LogP contribution in [0.2, 0.25) is 0 Å². The van der Waals surface area contributed by atoms with Crippen LogP contribution in [0.4, 0.5) is 0 Å². The molecule has 14 heavy (non-hydrogen) atoms. The lowest BCUT2D eigenvalue weighted by Gasteiger charge is -2.20. The number of benzene rings is 1. The van der Waals surface area contributed by atoms with Gasteiger partial charge in [-0.15, -0.1) is 0 Å². The second-order valence-corrected chi connectivity index (χ2v) is 4.42. The summed E-state index contributed by atoms with van der Waals surface area (Å²) in [6.07, 6.45) is 0. The van der Waals surface area contributed by atoms with Crippen molar-refractivity contribution < 1.29 is 0 Å². The summed E-state index contributed by atoms with van der Waals surface area (Å²) in [4.78, 5) is 0. The van der Waals surface area contributed by atoms with Crippen LogP contribution in [0.3, 0.4) is 0 Å². The lowest BCUT2D eigenvalue weighted by Crippen LogP contribution is -2.16. The highest BCUT2D eigenvalue weighted by Gasteiger charge is 2.22. The zero-order chi connectivity index (χ0) is 10.9. The van der Waals surface area contributed by atoms with Gasteiger partial charge in [0.25, 0.3) is 0 Å². The van der Waals surface area contributed by atoms with Crippen molar-refractivity contribution in [3.8, 4) is 6.07 Å². The first-order valence-corrected chi connectivity index (χ1v) is 4.88. The van der Waals surface area contributed by atoms with Gasteiger partial charge in [-0.05, 0) is 56.9 Å². The molecule has 0 atom stereocenters. The van der Waals surface area contributed by atoms with Gasteiger partial charge in [0.1, 0.15) is 0 Å². The summed E-state index contributed by atoms with van der Waals surface area (Å²) in [6, 6.07) is 6.51. The van der Waals surface area contributed by atoms with Gasteiger partial charge < -0.3 is 0 Å². The maximum atomic E-state index is 9.08. The van der Waals surface area contributed by atoms with Crippen molar-refractivity contribution >= 4 is 0 Å². The van der Waals surface area contributed by atoms with Gasteiger partial charge in [0.05, 0.1) is 11.5 Å². The predicted molar refractivity (Wildman–Crippen MR) is 59.3 cm³/mol. The number of nitrogens with zero attached hydrogens (tertiary/aromatic N) is 1. The monoisotopic (exact) mass is 187 g/mol. The third-order valence-corrected chi connectivity index (χ3v) is 3.01. The zero-order valence-electron chi connectivity index (χ0n) is 9.60. The zero-order valence-corrected chi connectivity index (χ0v) is 9.60.